The van der Waals surface area contributed by atoms with Crippen LogP contribution >= 0.6 is 22.6 Å². The van der Waals surface area contributed by atoms with Crippen molar-refractivity contribution in [1.82, 2.24) is 0 Å². The van der Waals surface area contributed by atoms with Crippen LogP contribution in [0.15, 0.2) is 18.2 Å². The molecule has 0 aliphatic heterocycles. The van der Waals surface area contributed by atoms with Gasteiger partial charge in [-0.25, -0.2) is 0 Å². The summed E-state index contributed by atoms with van der Waals surface area (Å²) >= 11 is 1.85. The smallest absolute Gasteiger partial charge is 0.416 e. The van der Waals surface area contributed by atoms with Gasteiger partial charge >= 0.3 is 6.18 Å². The summed E-state index contributed by atoms with van der Waals surface area (Å²) in [4.78, 5) is 0. The summed E-state index contributed by atoms with van der Waals surface area (Å²) < 4.78 is 37.2. The molecule has 0 aromatic heterocycles. The number of hydrogen-bond donors (Lipinski definition) is 1. The zero-order chi connectivity index (χ0) is 10.1. The van der Waals surface area contributed by atoms with E-state index < -0.39 is 11.7 Å². The Morgan fingerprint density at radius 3 is 2.38 bits per heavy atom. The highest BCUT2D eigenvalue weighted by Gasteiger charge is 2.33. The average molecular weight is 302 g/mol. The fourth-order valence-electron chi connectivity index (χ4n) is 0.945. The summed E-state index contributed by atoms with van der Waals surface area (Å²) in [5, 5.41) is 8.89. The fourth-order valence-corrected chi connectivity index (χ4v) is 1.61. The predicted molar refractivity (Wildman–Crippen MR) is 50.8 cm³/mol. The van der Waals surface area contributed by atoms with Gasteiger partial charge in [0, 0.05) is 4.43 Å². The third-order valence-corrected chi connectivity index (χ3v) is 2.36. The average Bonchev–Trinajstić information content (AvgIpc) is 2.03. The molecule has 0 radical (unpaired) electrons. The Morgan fingerprint density at radius 2 is 1.92 bits per heavy atom. The number of halogens is 4. The normalized spacial score (nSPS) is 11.7. The highest BCUT2D eigenvalue weighted by molar-refractivity contribution is 14.1. The standard InChI is InChI=1S/C8H6F3IO/c9-8(10,11)7-3-6(13)2-1-5(7)4-12/h1-3,13H,4H2. The van der Waals surface area contributed by atoms with Crippen LogP contribution in [0.4, 0.5) is 13.2 Å². The molecule has 1 aromatic carbocycles. The van der Waals surface area contributed by atoms with Gasteiger partial charge in [-0.15, -0.1) is 0 Å². The summed E-state index contributed by atoms with van der Waals surface area (Å²) in [6, 6.07) is 3.28. The number of phenolic OH excluding ortho intramolecular Hbond substituents is 1. The molecule has 72 valence electrons. The SMILES string of the molecule is Oc1ccc(CI)c(C(F)(F)F)c1. The molecule has 0 amide bonds. The van der Waals surface area contributed by atoms with Gasteiger partial charge in [-0.05, 0) is 17.7 Å². The van der Waals surface area contributed by atoms with E-state index in [4.69, 9.17) is 5.11 Å². The number of alkyl halides is 4. The first-order valence-corrected chi connectivity index (χ1v) is 4.92. The van der Waals surface area contributed by atoms with Crippen molar-refractivity contribution in [3.05, 3.63) is 29.3 Å². The molecule has 0 aliphatic rings. The third-order valence-electron chi connectivity index (χ3n) is 1.54. The minimum Gasteiger partial charge on any atom is -0.508 e. The lowest BCUT2D eigenvalue weighted by Gasteiger charge is -2.10. The second kappa shape index (κ2) is 3.73. The Kier molecular flexibility index (Phi) is 3.05. The number of hydrogen-bond acceptors (Lipinski definition) is 1. The van der Waals surface area contributed by atoms with E-state index in [9.17, 15) is 13.2 Å². The van der Waals surface area contributed by atoms with Gasteiger partial charge < -0.3 is 5.11 Å². The first kappa shape index (κ1) is 10.6. The van der Waals surface area contributed by atoms with Crippen LogP contribution in [0, 0.1) is 0 Å². The maximum Gasteiger partial charge on any atom is 0.416 e. The lowest BCUT2D eigenvalue weighted by atomic mass is 10.1. The van der Waals surface area contributed by atoms with E-state index in [1.165, 1.54) is 12.1 Å². The Bertz CT molecular complexity index is 309. The van der Waals surface area contributed by atoms with Crippen molar-refractivity contribution in [2.45, 2.75) is 10.6 Å². The molecule has 1 rings (SSSR count). The number of benzene rings is 1. The van der Waals surface area contributed by atoms with Crippen molar-refractivity contribution in [2.75, 3.05) is 0 Å². The topological polar surface area (TPSA) is 20.2 Å². The van der Waals surface area contributed by atoms with Crippen molar-refractivity contribution < 1.29 is 18.3 Å². The molecule has 0 atom stereocenters. The molecule has 13 heavy (non-hydrogen) atoms. The van der Waals surface area contributed by atoms with E-state index in [-0.39, 0.29) is 15.7 Å². The minimum atomic E-state index is -4.39. The van der Waals surface area contributed by atoms with E-state index in [0.29, 0.717) is 0 Å². The van der Waals surface area contributed by atoms with E-state index in [0.717, 1.165) is 6.07 Å². The summed E-state index contributed by atoms with van der Waals surface area (Å²) in [6.07, 6.45) is -4.39. The van der Waals surface area contributed by atoms with Gasteiger partial charge in [0.2, 0.25) is 0 Å². The molecule has 0 unspecified atom stereocenters. The van der Waals surface area contributed by atoms with Gasteiger partial charge in [-0.3, -0.25) is 0 Å². The van der Waals surface area contributed by atoms with Crippen LogP contribution < -0.4 is 0 Å². The maximum absolute atomic E-state index is 12.3. The number of rotatable bonds is 1. The van der Waals surface area contributed by atoms with Crippen LogP contribution in [-0.2, 0) is 10.6 Å². The van der Waals surface area contributed by atoms with Crippen molar-refractivity contribution in [1.29, 1.82) is 0 Å². The Morgan fingerprint density at radius 1 is 1.31 bits per heavy atom. The molecule has 0 fully saturated rings. The molecule has 0 bridgehead atoms. The van der Waals surface area contributed by atoms with E-state index in [1.54, 1.807) is 0 Å². The van der Waals surface area contributed by atoms with Crippen molar-refractivity contribution in [3.8, 4) is 5.75 Å². The van der Waals surface area contributed by atoms with Crippen LogP contribution in [0.1, 0.15) is 11.1 Å². The van der Waals surface area contributed by atoms with Gasteiger partial charge in [-0.2, -0.15) is 13.2 Å². The van der Waals surface area contributed by atoms with E-state index in [2.05, 4.69) is 0 Å². The zero-order valence-corrected chi connectivity index (χ0v) is 8.56. The molecule has 1 N–H and O–H groups in total. The first-order valence-electron chi connectivity index (χ1n) is 3.40. The van der Waals surface area contributed by atoms with Crippen LogP contribution in [-0.4, -0.2) is 5.11 Å². The van der Waals surface area contributed by atoms with Crippen molar-refractivity contribution in [3.63, 3.8) is 0 Å². The third kappa shape index (κ3) is 2.49. The van der Waals surface area contributed by atoms with Gasteiger partial charge in [-0.1, -0.05) is 28.7 Å². The summed E-state index contributed by atoms with van der Waals surface area (Å²) in [5.41, 5.74) is -0.576. The van der Waals surface area contributed by atoms with Crippen LogP contribution in [0.5, 0.6) is 5.75 Å². The highest BCUT2D eigenvalue weighted by atomic mass is 127. The fraction of sp³-hybridized carbons (Fsp3) is 0.250. The largest absolute Gasteiger partial charge is 0.508 e. The van der Waals surface area contributed by atoms with E-state index >= 15 is 0 Å². The monoisotopic (exact) mass is 302 g/mol. The first-order chi connectivity index (χ1) is 5.95. The summed E-state index contributed by atoms with van der Waals surface area (Å²) in [7, 11) is 0. The van der Waals surface area contributed by atoms with E-state index in [1.807, 2.05) is 22.6 Å². The van der Waals surface area contributed by atoms with Crippen LogP contribution in [0.2, 0.25) is 0 Å². The number of aromatic hydroxyl groups is 1. The lowest BCUT2D eigenvalue weighted by molar-refractivity contribution is -0.138. The quantitative estimate of drug-likeness (QED) is 0.623. The molecule has 1 nitrogen and oxygen atoms in total. The zero-order valence-electron chi connectivity index (χ0n) is 6.40. The molecule has 1 aromatic rings. The lowest BCUT2D eigenvalue weighted by Crippen LogP contribution is -2.07. The van der Waals surface area contributed by atoms with Crippen molar-refractivity contribution >= 4 is 22.6 Å². The maximum atomic E-state index is 12.3. The molecule has 0 saturated carbocycles. The molecule has 0 spiro atoms. The second-order valence-corrected chi connectivity index (χ2v) is 3.24. The van der Waals surface area contributed by atoms with Gasteiger partial charge in [0.05, 0.1) is 5.56 Å². The van der Waals surface area contributed by atoms with Gasteiger partial charge in [0.25, 0.3) is 0 Å². The van der Waals surface area contributed by atoms with Crippen molar-refractivity contribution in [2.24, 2.45) is 0 Å². The molecular formula is C8H6F3IO. The van der Waals surface area contributed by atoms with Crippen LogP contribution in [0.25, 0.3) is 0 Å². The van der Waals surface area contributed by atoms with Gasteiger partial charge in [0.15, 0.2) is 0 Å². The highest BCUT2D eigenvalue weighted by Crippen LogP contribution is 2.34. The molecule has 0 aliphatic carbocycles. The number of phenols is 1. The second-order valence-electron chi connectivity index (χ2n) is 2.47. The Labute approximate surface area is 86.7 Å². The predicted octanol–water partition coefficient (Wildman–Crippen LogP) is 3.35. The molecular weight excluding hydrogens is 296 g/mol. The van der Waals surface area contributed by atoms with Gasteiger partial charge in [0.1, 0.15) is 5.75 Å². The molecule has 5 heteroatoms. The molecule has 0 saturated heterocycles. The summed E-state index contributed by atoms with van der Waals surface area (Å²) in [5.74, 6) is -0.360. The molecule has 0 heterocycles. The Hall–Kier alpha value is -0.460. The summed E-state index contributed by atoms with van der Waals surface area (Å²) in [6.45, 7) is 0. The van der Waals surface area contributed by atoms with Crippen LogP contribution in [0.3, 0.4) is 0 Å². The Balaban J connectivity index is 3.24. The minimum absolute atomic E-state index is 0.186.